The number of nitrogens with zero attached hydrogens (tertiary/aromatic N) is 3. The molecule has 0 aromatic carbocycles. The van der Waals surface area contributed by atoms with Gasteiger partial charge in [0.1, 0.15) is 5.69 Å². The first-order valence-corrected chi connectivity index (χ1v) is 11.5. The number of ether oxygens (including phenoxy) is 1. The van der Waals surface area contributed by atoms with E-state index in [9.17, 15) is 9.59 Å². The molecule has 2 aromatic rings. The molecule has 0 N–H and O–H groups in total. The van der Waals surface area contributed by atoms with E-state index in [4.69, 9.17) is 4.74 Å². The van der Waals surface area contributed by atoms with E-state index in [1.165, 1.54) is 0 Å². The van der Waals surface area contributed by atoms with E-state index < -0.39 is 0 Å². The largest absolute Gasteiger partial charge is 0.381 e. The molecule has 0 unspecified atom stereocenters. The number of likely N-dealkylation sites (tertiary alicyclic amines) is 1. The molecule has 2 fully saturated rings. The molecule has 4 rings (SSSR count). The second kappa shape index (κ2) is 9.22. The second-order valence-corrected chi connectivity index (χ2v) is 9.14. The average Bonchev–Trinajstić information content (AvgIpc) is 3.30. The smallest absolute Gasteiger partial charge is 0.266 e. The van der Waals surface area contributed by atoms with Gasteiger partial charge in [0.2, 0.25) is 5.91 Å². The van der Waals surface area contributed by atoms with Crippen LogP contribution in [-0.4, -0.2) is 46.9 Å². The van der Waals surface area contributed by atoms with Gasteiger partial charge in [-0.05, 0) is 62.0 Å². The minimum absolute atomic E-state index is 0.0567. The highest BCUT2D eigenvalue weighted by molar-refractivity contribution is 7.13. The van der Waals surface area contributed by atoms with Gasteiger partial charge in [-0.1, -0.05) is 6.07 Å². The topological polar surface area (TPSA) is 64.4 Å². The minimum Gasteiger partial charge on any atom is -0.381 e. The number of hydrogen-bond acceptors (Lipinski definition) is 5. The second-order valence-electron chi connectivity index (χ2n) is 8.19. The standard InChI is InChI=1S/C22H29N3O3S/c1-28-18-6-4-17(5-7-18)22(27)24-12-10-16(11-13-24)15-25-21(26)9-8-19(23-25)20-3-2-14-29-20/h2-3,8-9,14,16-18H,4-7,10-13,15H2,1H3. The van der Waals surface area contributed by atoms with Crippen LogP contribution in [0.15, 0.2) is 34.4 Å². The van der Waals surface area contributed by atoms with Crippen molar-refractivity contribution in [1.82, 2.24) is 14.7 Å². The van der Waals surface area contributed by atoms with Gasteiger partial charge >= 0.3 is 0 Å². The Morgan fingerprint density at radius 2 is 1.90 bits per heavy atom. The maximum absolute atomic E-state index is 12.9. The summed E-state index contributed by atoms with van der Waals surface area (Å²) in [6, 6.07) is 7.42. The molecule has 2 aromatic heterocycles. The number of thiophene rings is 1. The van der Waals surface area contributed by atoms with E-state index in [0.717, 1.165) is 62.2 Å². The molecule has 156 valence electrons. The van der Waals surface area contributed by atoms with Gasteiger partial charge in [0.05, 0.1) is 11.0 Å². The molecule has 3 heterocycles. The summed E-state index contributed by atoms with van der Waals surface area (Å²) >= 11 is 1.63. The number of piperidine rings is 1. The summed E-state index contributed by atoms with van der Waals surface area (Å²) < 4.78 is 7.02. The van der Waals surface area contributed by atoms with Crippen molar-refractivity contribution in [2.45, 2.75) is 51.2 Å². The molecule has 0 radical (unpaired) electrons. The maximum Gasteiger partial charge on any atom is 0.266 e. The van der Waals surface area contributed by atoms with Crippen LogP contribution >= 0.6 is 11.3 Å². The molecule has 1 amide bonds. The molecule has 29 heavy (non-hydrogen) atoms. The van der Waals surface area contributed by atoms with Crippen molar-refractivity contribution in [3.05, 3.63) is 40.0 Å². The number of rotatable bonds is 5. The summed E-state index contributed by atoms with van der Waals surface area (Å²) in [5.74, 6) is 0.852. The van der Waals surface area contributed by atoms with Crippen molar-refractivity contribution in [2.24, 2.45) is 11.8 Å². The van der Waals surface area contributed by atoms with Crippen LogP contribution in [0, 0.1) is 11.8 Å². The van der Waals surface area contributed by atoms with Crippen molar-refractivity contribution in [3.63, 3.8) is 0 Å². The van der Waals surface area contributed by atoms with Crippen LogP contribution in [0.1, 0.15) is 38.5 Å². The third-order valence-corrected chi connectivity index (χ3v) is 7.25. The fraction of sp³-hybridized carbons (Fsp3) is 0.591. The lowest BCUT2D eigenvalue weighted by molar-refractivity contribution is -0.138. The van der Waals surface area contributed by atoms with Gasteiger partial charge in [-0.2, -0.15) is 5.10 Å². The zero-order chi connectivity index (χ0) is 20.2. The monoisotopic (exact) mass is 415 g/mol. The summed E-state index contributed by atoms with van der Waals surface area (Å²) in [4.78, 5) is 28.2. The highest BCUT2D eigenvalue weighted by Crippen LogP contribution is 2.29. The number of amides is 1. The first-order valence-electron chi connectivity index (χ1n) is 10.6. The van der Waals surface area contributed by atoms with Gasteiger partial charge in [0, 0.05) is 38.7 Å². The summed E-state index contributed by atoms with van der Waals surface area (Å²) in [6.07, 6.45) is 6.02. The highest BCUT2D eigenvalue weighted by atomic mass is 32.1. The molecule has 7 heteroatoms. The number of hydrogen-bond donors (Lipinski definition) is 0. The first-order chi connectivity index (χ1) is 14.1. The van der Waals surface area contributed by atoms with Gasteiger partial charge in [0.25, 0.3) is 5.56 Å². The summed E-state index contributed by atoms with van der Waals surface area (Å²) in [5.41, 5.74) is 0.789. The molecule has 1 aliphatic carbocycles. The predicted octanol–water partition coefficient (Wildman–Crippen LogP) is 3.42. The van der Waals surface area contributed by atoms with Gasteiger partial charge in [-0.25, -0.2) is 4.68 Å². The first kappa shape index (κ1) is 20.3. The summed E-state index contributed by atoms with van der Waals surface area (Å²) in [6.45, 7) is 2.19. The zero-order valence-electron chi connectivity index (χ0n) is 17.0. The Labute approximate surface area is 175 Å². The summed E-state index contributed by atoms with van der Waals surface area (Å²) in [7, 11) is 1.76. The number of aromatic nitrogens is 2. The molecule has 2 aliphatic rings. The predicted molar refractivity (Wildman–Crippen MR) is 114 cm³/mol. The van der Waals surface area contributed by atoms with Crippen LogP contribution in [0.4, 0.5) is 0 Å². The molecule has 0 bridgehead atoms. The van der Waals surface area contributed by atoms with Crippen LogP contribution in [0.5, 0.6) is 0 Å². The highest BCUT2D eigenvalue weighted by Gasteiger charge is 2.31. The van der Waals surface area contributed by atoms with E-state index in [0.29, 0.717) is 24.5 Å². The lowest BCUT2D eigenvalue weighted by atomic mass is 9.85. The Hall–Kier alpha value is -1.99. The molecule has 0 spiro atoms. The van der Waals surface area contributed by atoms with Crippen molar-refractivity contribution in [1.29, 1.82) is 0 Å². The van der Waals surface area contributed by atoms with E-state index in [2.05, 4.69) is 5.10 Å². The van der Waals surface area contributed by atoms with Crippen molar-refractivity contribution >= 4 is 17.2 Å². The van der Waals surface area contributed by atoms with E-state index in [-0.39, 0.29) is 11.5 Å². The third kappa shape index (κ3) is 4.78. The molecule has 1 aliphatic heterocycles. The Bertz CT molecular complexity index is 864. The number of methoxy groups -OCH3 is 1. The van der Waals surface area contributed by atoms with E-state index in [1.807, 2.05) is 22.4 Å². The average molecular weight is 416 g/mol. The Morgan fingerprint density at radius 1 is 1.14 bits per heavy atom. The fourth-order valence-electron chi connectivity index (χ4n) is 4.52. The SMILES string of the molecule is COC1CCC(C(=O)N2CCC(Cn3nc(-c4cccs4)ccc3=O)CC2)CC1. The fourth-order valence-corrected chi connectivity index (χ4v) is 5.21. The molecule has 0 atom stereocenters. The Kier molecular flexibility index (Phi) is 6.45. The summed E-state index contributed by atoms with van der Waals surface area (Å²) in [5, 5.41) is 6.59. The third-order valence-electron chi connectivity index (χ3n) is 6.35. The van der Waals surface area contributed by atoms with Gasteiger partial charge in [-0.3, -0.25) is 9.59 Å². The molecule has 1 saturated heterocycles. The van der Waals surface area contributed by atoms with E-state index >= 15 is 0 Å². The van der Waals surface area contributed by atoms with Gasteiger partial charge in [0.15, 0.2) is 0 Å². The molecule has 1 saturated carbocycles. The minimum atomic E-state index is -0.0567. The Balaban J connectivity index is 1.32. The van der Waals surface area contributed by atoms with Crippen molar-refractivity contribution in [2.75, 3.05) is 20.2 Å². The quantitative estimate of drug-likeness (QED) is 0.751. The zero-order valence-corrected chi connectivity index (χ0v) is 17.8. The Morgan fingerprint density at radius 3 is 2.55 bits per heavy atom. The van der Waals surface area contributed by atoms with Gasteiger partial charge in [-0.15, -0.1) is 11.3 Å². The molecule has 6 nitrogen and oxygen atoms in total. The lowest BCUT2D eigenvalue weighted by Gasteiger charge is -2.36. The van der Waals surface area contributed by atoms with Gasteiger partial charge < -0.3 is 9.64 Å². The van der Waals surface area contributed by atoms with Crippen LogP contribution in [0.25, 0.3) is 10.6 Å². The number of carbonyl (C=O) groups excluding carboxylic acids is 1. The van der Waals surface area contributed by atoms with Crippen LogP contribution in [0.3, 0.4) is 0 Å². The van der Waals surface area contributed by atoms with Crippen LogP contribution < -0.4 is 5.56 Å². The molecular weight excluding hydrogens is 386 g/mol. The number of carbonyl (C=O) groups is 1. The molecular formula is C22H29N3O3S. The normalized spacial score (nSPS) is 23.3. The maximum atomic E-state index is 12.9. The van der Waals surface area contributed by atoms with Crippen LogP contribution in [-0.2, 0) is 16.1 Å². The van der Waals surface area contributed by atoms with E-state index in [1.54, 1.807) is 35.3 Å². The van der Waals surface area contributed by atoms with Crippen molar-refractivity contribution < 1.29 is 9.53 Å². The van der Waals surface area contributed by atoms with Crippen LogP contribution in [0.2, 0.25) is 0 Å². The lowest BCUT2D eigenvalue weighted by Crippen LogP contribution is -2.44. The van der Waals surface area contributed by atoms with Crippen molar-refractivity contribution in [3.8, 4) is 10.6 Å².